The molecule has 2 aromatic heterocycles. The number of aliphatic hydroxyl groups excluding tert-OH is 1. The summed E-state index contributed by atoms with van der Waals surface area (Å²) in [5.74, 6) is 0. The Morgan fingerprint density at radius 3 is 2.53 bits per heavy atom. The second-order valence-electron chi connectivity index (χ2n) is 7.57. The number of morpholine rings is 1. The Hall–Kier alpha value is -3.06. The first-order valence-electron chi connectivity index (χ1n) is 10.2. The fraction of sp³-hybridized carbons (Fsp3) is 0.250. The molecular weight excluding hydrogens is 376 g/mol. The molecule has 3 heterocycles. The summed E-state index contributed by atoms with van der Waals surface area (Å²) >= 11 is 0. The van der Waals surface area contributed by atoms with Gasteiger partial charge in [-0.3, -0.25) is 4.90 Å². The van der Waals surface area contributed by atoms with Gasteiger partial charge >= 0.3 is 0 Å². The molecule has 2 aromatic carbocycles. The van der Waals surface area contributed by atoms with Crippen LogP contribution in [0.5, 0.6) is 0 Å². The van der Waals surface area contributed by atoms with Gasteiger partial charge < -0.3 is 9.84 Å². The molecule has 1 aliphatic rings. The lowest BCUT2D eigenvalue weighted by Gasteiger charge is -2.40. The molecule has 2 atom stereocenters. The molecule has 4 aromatic rings. The molecule has 6 nitrogen and oxygen atoms in total. The van der Waals surface area contributed by atoms with Crippen LogP contribution >= 0.6 is 0 Å². The number of nitrogens with zero attached hydrogens (tertiary/aromatic N) is 4. The standard InChI is InChI=1S/C24H24N4O2/c29-17-22-23(20-9-5-2-6-10-20)27(11-12-30-22)15-18-13-25-24-21(14-26-28(24)16-18)19-7-3-1-4-8-19/h1-10,13-14,16,22-23,29H,11-12,15,17H2/t22-,23-/m0/s1. The van der Waals surface area contributed by atoms with Crippen molar-refractivity contribution in [1.29, 1.82) is 0 Å². The first-order valence-corrected chi connectivity index (χ1v) is 10.2. The molecule has 1 saturated heterocycles. The van der Waals surface area contributed by atoms with E-state index in [0.29, 0.717) is 13.2 Å². The van der Waals surface area contributed by atoms with Crippen LogP contribution in [-0.4, -0.2) is 50.5 Å². The van der Waals surface area contributed by atoms with Crippen LogP contribution in [0.3, 0.4) is 0 Å². The highest BCUT2D eigenvalue weighted by atomic mass is 16.5. The molecule has 1 N–H and O–H groups in total. The molecule has 0 saturated carbocycles. The number of aromatic nitrogens is 3. The van der Waals surface area contributed by atoms with E-state index in [-0.39, 0.29) is 18.8 Å². The van der Waals surface area contributed by atoms with Crippen molar-refractivity contribution < 1.29 is 9.84 Å². The first kappa shape index (κ1) is 18.9. The number of hydrogen-bond donors (Lipinski definition) is 1. The summed E-state index contributed by atoms with van der Waals surface area (Å²) in [6.07, 6.45) is 5.59. The minimum atomic E-state index is -0.243. The largest absolute Gasteiger partial charge is 0.394 e. The van der Waals surface area contributed by atoms with Crippen molar-refractivity contribution >= 4 is 5.65 Å². The summed E-state index contributed by atoms with van der Waals surface area (Å²) < 4.78 is 7.71. The smallest absolute Gasteiger partial charge is 0.162 e. The van der Waals surface area contributed by atoms with Gasteiger partial charge in [-0.05, 0) is 11.1 Å². The number of ether oxygens (including phenoxy) is 1. The van der Waals surface area contributed by atoms with Crippen molar-refractivity contribution in [3.63, 3.8) is 0 Å². The van der Waals surface area contributed by atoms with Crippen molar-refractivity contribution in [2.75, 3.05) is 19.8 Å². The van der Waals surface area contributed by atoms with E-state index in [1.807, 2.05) is 59.5 Å². The molecule has 0 aliphatic carbocycles. The van der Waals surface area contributed by atoms with E-state index in [1.165, 1.54) is 0 Å². The maximum absolute atomic E-state index is 9.88. The molecule has 0 bridgehead atoms. The fourth-order valence-corrected chi connectivity index (χ4v) is 4.24. The third-order valence-electron chi connectivity index (χ3n) is 5.66. The molecular formula is C24H24N4O2. The average Bonchev–Trinajstić information content (AvgIpc) is 3.23. The molecule has 0 radical (unpaired) electrons. The van der Waals surface area contributed by atoms with E-state index in [4.69, 9.17) is 9.72 Å². The summed E-state index contributed by atoms with van der Waals surface area (Å²) in [7, 11) is 0. The van der Waals surface area contributed by atoms with Crippen LogP contribution in [0, 0.1) is 0 Å². The second kappa shape index (κ2) is 8.36. The van der Waals surface area contributed by atoms with Crippen LogP contribution in [0.2, 0.25) is 0 Å². The fourth-order valence-electron chi connectivity index (χ4n) is 4.24. The topological polar surface area (TPSA) is 62.9 Å². The van der Waals surface area contributed by atoms with Gasteiger partial charge in [-0.15, -0.1) is 0 Å². The zero-order chi connectivity index (χ0) is 20.3. The molecule has 1 aliphatic heterocycles. The van der Waals surface area contributed by atoms with E-state index in [0.717, 1.165) is 34.4 Å². The quantitative estimate of drug-likeness (QED) is 0.557. The van der Waals surface area contributed by atoms with E-state index >= 15 is 0 Å². The van der Waals surface area contributed by atoms with Gasteiger partial charge in [-0.25, -0.2) is 9.50 Å². The number of fused-ring (bicyclic) bond motifs is 1. The third kappa shape index (κ3) is 3.61. The Bertz CT molecular complexity index is 1110. The summed E-state index contributed by atoms with van der Waals surface area (Å²) in [5.41, 5.74) is 5.20. The second-order valence-corrected chi connectivity index (χ2v) is 7.57. The predicted molar refractivity (Wildman–Crippen MR) is 115 cm³/mol. The van der Waals surface area contributed by atoms with Gasteiger partial charge in [-0.2, -0.15) is 5.10 Å². The van der Waals surface area contributed by atoms with Crippen LogP contribution in [0.25, 0.3) is 16.8 Å². The lowest BCUT2D eigenvalue weighted by atomic mass is 9.98. The maximum atomic E-state index is 9.88. The van der Waals surface area contributed by atoms with E-state index < -0.39 is 0 Å². The van der Waals surface area contributed by atoms with Crippen molar-refractivity contribution in [3.8, 4) is 11.1 Å². The highest BCUT2D eigenvalue weighted by Gasteiger charge is 2.33. The van der Waals surface area contributed by atoms with E-state index in [1.54, 1.807) is 0 Å². The summed E-state index contributed by atoms with van der Waals surface area (Å²) in [5, 5.41) is 14.4. The Kier molecular flexibility index (Phi) is 5.27. The van der Waals surface area contributed by atoms with Crippen molar-refractivity contribution in [2.24, 2.45) is 0 Å². The Morgan fingerprint density at radius 1 is 1.00 bits per heavy atom. The SMILES string of the molecule is OC[C@@H]1OCCN(Cc2cnc3c(-c4ccccc4)cnn3c2)[C@H]1c1ccccc1. The monoisotopic (exact) mass is 400 g/mol. The molecule has 0 spiro atoms. The van der Waals surface area contributed by atoms with Crippen LogP contribution in [0.4, 0.5) is 0 Å². The molecule has 152 valence electrons. The number of benzene rings is 2. The van der Waals surface area contributed by atoms with Crippen molar-refractivity contribution in [2.45, 2.75) is 18.7 Å². The van der Waals surface area contributed by atoms with Crippen molar-refractivity contribution in [1.82, 2.24) is 19.5 Å². The van der Waals surface area contributed by atoms with Gasteiger partial charge in [0.05, 0.1) is 25.5 Å². The van der Waals surface area contributed by atoms with Crippen LogP contribution in [0.15, 0.2) is 79.3 Å². The highest BCUT2D eigenvalue weighted by molar-refractivity contribution is 5.76. The summed E-state index contributed by atoms with van der Waals surface area (Å²) in [6, 6.07) is 20.4. The minimum Gasteiger partial charge on any atom is -0.394 e. The maximum Gasteiger partial charge on any atom is 0.162 e. The molecule has 1 fully saturated rings. The predicted octanol–water partition coefficient (Wildman–Crippen LogP) is 3.33. The number of hydrogen-bond acceptors (Lipinski definition) is 5. The van der Waals surface area contributed by atoms with Crippen LogP contribution in [-0.2, 0) is 11.3 Å². The lowest BCUT2D eigenvalue weighted by Crippen LogP contribution is -2.46. The average molecular weight is 400 g/mol. The summed E-state index contributed by atoms with van der Waals surface area (Å²) in [6.45, 7) is 2.10. The molecule has 6 heteroatoms. The zero-order valence-corrected chi connectivity index (χ0v) is 16.6. The Labute approximate surface area is 175 Å². The number of rotatable bonds is 5. The van der Waals surface area contributed by atoms with Gasteiger partial charge in [0.2, 0.25) is 0 Å². The lowest BCUT2D eigenvalue weighted by molar-refractivity contribution is -0.0961. The molecule has 30 heavy (non-hydrogen) atoms. The van der Waals surface area contributed by atoms with Crippen LogP contribution in [0.1, 0.15) is 17.2 Å². The van der Waals surface area contributed by atoms with Gasteiger partial charge in [0.25, 0.3) is 0 Å². The first-order chi connectivity index (χ1) is 14.8. The minimum absolute atomic E-state index is 0.00171. The summed E-state index contributed by atoms with van der Waals surface area (Å²) in [4.78, 5) is 7.06. The van der Waals surface area contributed by atoms with Crippen molar-refractivity contribution in [3.05, 3.63) is 90.4 Å². The molecule has 5 rings (SSSR count). The van der Waals surface area contributed by atoms with E-state index in [9.17, 15) is 5.11 Å². The Morgan fingerprint density at radius 2 is 1.77 bits per heavy atom. The third-order valence-corrected chi connectivity index (χ3v) is 5.66. The van der Waals surface area contributed by atoms with Gasteiger partial charge in [0.15, 0.2) is 5.65 Å². The number of aliphatic hydroxyl groups is 1. The van der Waals surface area contributed by atoms with Gasteiger partial charge in [-0.1, -0.05) is 60.7 Å². The molecule has 0 amide bonds. The molecule has 0 unspecified atom stereocenters. The zero-order valence-electron chi connectivity index (χ0n) is 16.6. The Balaban J connectivity index is 1.44. The van der Waals surface area contributed by atoms with E-state index in [2.05, 4.69) is 34.3 Å². The van der Waals surface area contributed by atoms with Gasteiger partial charge in [0.1, 0.15) is 6.10 Å². The highest BCUT2D eigenvalue weighted by Crippen LogP contribution is 2.31. The normalized spacial score (nSPS) is 19.9. The van der Waals surface area contributed by atoms with Gasteiger partial charge in [0, 0.05) is 36.6 Å². The van der Waals surface area contributed by atoms with Crippen LogP contribution < -0.4 is 0 Å².